The van der Waals surface area contributed by atoms with Gasteiger partial charge in [-0.05, 0) is 12.1 Å². The van der Waals surface area contributed by atoms with Gasteiger partial charge in [0.05, 0.1) is 0 Å². The Balaban J connectivity index is 2.14. The van der Waals surface area contributed by atoms with Crippen molar-refractivity contribution >= 4 is 18.0 Å². The van der Waals surface area contributed by atoms with Crippen LogP contribution in [-0.2, 0) is 0 Å². The highest BCUT2D eigenvalue weighted by Crippen LogP contribution is 2.27. The van der Waals surface area contributed by atoms with Crippen LogP contribution in [0.1, 0.15) is 16.4 Å². The van der Waals surface area contributed by atoms with Gasteiger partial charge >= 0.3 is 0 Å². The summed E-state index contributed by atoms with van der Waals surface area (Å²) in [7, 11) is 0. The summed E-state index contributed by atoms with van der Waals surface area (Å²) in [5.41, 5.74) is 0. The van der Waals surface area contributed by atoms with Crippen molar-refractivity contribution in [2.24, 2.45) is 0 Å². The van der Waals surface area contributed by atoms with Gasteiger partial charge in [0.1, 0.15) is 0 Å². The first-order chi connectivity index (χ1) is 6.78. The van der Waals surface area contributed by atoms with Gasteiger partial charge in [-0.15, -0.1) is 10.2 Å². The molecule has 5 nitrogen and oxygen atoms in total. The Labute approximate surface area is 83.5 Å². The number of carbonyl (C=O) groups excluding carboxylic acids is 1. The first-order valence-electron chi connectivity index (χ1n) is 3.81. The molecule has 0 aliphatic carbocycles. The molecular formula is C8H6N2O3S. The van der Waals surface area contributed by atoms with Crippen molar-refractivity contribution in [1.82, 2.24) is 10.2 Å². The second kappa shape index (κ2) is 3.67. The van der Waals surface area contributed by atoms with Gasteiger partial charge in [0.15, 0.2) is 17.1 Å². The molecule has 0 aliphatic rings. The molecule has 0 fully saturated rings. The van der Waals surface area contributed by atoms with Crippen molar-refractivity contribution in [3.8, 4) is 0 Å². The third kappa shape index (κ3) is 1.85. The lowest BCUT2D eigenvalue weighted by molar-refractivity contribution is 0.109. The van der Waals surface area contributed by atoms with E-state index in [4.69, 9.17) is 8.83 Å². The lowest BCUT2D eigenvalue weighted by Gasteiger charge is -1.87. The Kier molecular flexibility index (Phi) is 2.36. The Morgan fingerprint density at radius 3 is 2.79 bits per heavy atom. The first kappa shape index (κ1) is 9.01. The standard InChI is InChI=1S/C8H6N2O3S/c1-5-9-10-8(12-5)14-7-3-2-6(4-11)13-7/h2-4H,1H3. The van der Waals surface area contributed by atoms with Crippen molar-refractivity contribution in [1.29, 1.82) is 0 Å². The van der Waals surface area contributed by atoms with E-state index < -0.39 is 0 Å². The molecule has 0 saturated heterocycles. The van der Waals surface area contributed by atoms with Crippen LogP contribution in [0.15, 0.2) is 31.3 Å². The van der Waals surface area contributed by atoms with Crippen LogP contribution < -0.4 is 0 Å². The lowest BCUT2D eigenvalue weighted by Crippen LogP contribution is -1.71. The highest BCUT2D eigenvalue weighted by Gasteiger charge is 2.08. The van der Waals surface area contributed by atoms with Gasteiger partial charge in [-0.3, -0.25) is 4.79 Å². The van der Waals surface area contributed by atoms with Gasteiger partial charge in [-0.2, -0.15) is 0 Å². The van der Waals surface area contributed by atoms with E-state index in [1.165, 1.54) is 11.8 Å². The molecule has 6 heteroatoms. The van der Waals surface area contributed by atoms with Gasteiger partial charge in [0.2, 0.25) is 5.89 Å². The molecule has 0 radical (unpaired) electrons. The maximum Gasteiger partial charge on any atom is 0.284 e. The van der Waals surface area contributed by atoms with Gasteiger partial charge < -0.3 is 8.83 Å². The largest absolute Gasteiger partial charge is 0.447 e. The van der Waals surface area contributed by atoms with E-state index in [9.17, 15) is 4.79 Å². The molecule has 72 valence electrons. The van der Waals surface area contributed by atoms with E-state index in [1.807, 2.05) is 0 Å². The zero-order valence-electron chi connectivity index (χ0n) is 7.26. The number of carbonyl (C=O) groups is 1. The SMILES string of the molecule is Cc1nnc(Sc2ccc(C=O)o2)o1. The lowest BCUT2D eigenvalue weighted by atomic mass is 10.5. The molecule has 0 amide bonds. The van der Waals surface area contributed by atoms with Crippen LogP contribution in [0, 0.1) is 6.92 Å². The Morgan fingerprint density at radius 2 is 2.21 bits per heavy atom. The van der Waals surface area contributed by atoms with Crippen molar-refractivity contribution in [3.05, 3.63) is 23.8 Å². The third-order valence-corrected chi connectivity index (χ3v) is 2.17. The fraction of sp³-hybridized carbons (Fsp3) is 0.125. The molecule has 2 rings (SSSR count). The molecule has 0 saturated carbocycles. The van der Waals surface area contributed by atoms with Crippen LogP contribution in [0.25, 0.3) is 0 Å². The predicted octanol–water partition coefficient (Wildman–Crippen LogP) is 1.93. The molecule has 0 bridgehead atoms. The van der Waals surface area contributed by atoms with Gasteiger partial charge in [0, 0.05) is 18.7 Å². The summed E-state index contributed by atoms with van der Waals surface area (Å²) in [6, 6.07) is 3.26. The summed E-state index contributed by atoms with van der Waals surface area (Å²) in [6.07, 6.45) is 0.642. The van der Waals surface area contributed by atoms with E-state index in [0.29, 0.717) is 22.5 Å². The molecule has 2 heterocycles. The summed E-state index contributed by atoms with van der Waals surface area (Å²) in [4.78, 5) is 10.3. The molecule has 2 aromatic rings. The highest BCUT2D eigenvalue weighted by atomic mass is 32.2. The number of aldehydes is 1. The highest BCUT2D eigenvalue weighted by molar-refractivity contribution is 7.99. The van der Waals surface area contributed by atoms with Crippen molar-refractivity contribution < 1.29 is 13.6 Å². The molecule has 2 aromatic heterocycles. The maximum absolute atomic E-state index is 10.3. The normalized spacial score (nSPS) is 10.4. The summed E-state index contributed by atoms with van der Waals surface area (Å²) >= 11 is 1.18. The summed E-state index contributed by atoms with van der Waals surface area (Å²) in [6.45, 7) is 1.70. The van der Waals surface area contributed by atoms with Crippen LogP contribution in [0.3, 0.4) is 0 Å². The second-order valence-electron chi connectivity index (χ2n) is 2.46. The Morgan fingerprint density at radius 1 is 1.36 bits per heavy atom. The Bertz CT molecular complexity index is 449. The average molecular weight is 210 g/mol. The zero-order valence-corrected chi connectivity index (χ0v) is 8.08. The van der Waals surface area contributed by atoms with E-state index >= 15 is 0 Å². The Hall–Kier alpha value is -1.56. The molecular weight excluding hydrogens is 204 g/mol. The number of hydrogen-bond acceptors (Lipinski definition) is 6. The van der Waals surface area contributed by atoms with Gasteiger partial charge in [-0.1, -0.05) is 0 Å². The van der Waals surface area contributed by atoms with E-state index in [2.05, 4.69) is 10.2 Å². The number of nitrogens with zero attached hydrogens (tertiary/aromatic N) is 2. The van der Waals surface area contributed by atoms with Crippen LogP contribution in [0.2, 0.25) is 0 Å². The van der Waals surface area contributed by atoms with Gasteiger partial charge in [0.25, 0.3) is 5.22 Å². The van der Waals surface area contributed by atoms with Crippen molar-refractivity contribution in [2.75, 3.05) is 0 Å². The molecule has 0 N–H and O–H groups in total. The monoisotopic (exact) mass is 210 g/mol. The second-order valence-corrected chi connectivity index (χ2v) is 3.42. The molecule has 14 heavy (non-hydrogen) atoms. The van der Waals surface area contributed by atoms with Crippen LogP contribution in [0.4, 0.5) is 0 Å². The number of furan rings is 1. The minimum atomic E-state index is 0.281. The van der Waals surface area contributed by atoms with E-state index in [0.717, 1.165) is 0 Å². The van der Waals surface area contributed by atoms with Crippen molar-refractivity contribution in [2.45, 2.75) is 17.2 Å². The van der Waals surface area contributed by atoms with Gasteiger partial charge in [-0.25, -0.2) is 0 Å². The average Bonchev–Trinajstić information content (AvgIpc) is 2.76. The topological polar surface area (TPSA) is 69.1 Å². The molecule has 0 atom stereocenters. The fourth-order valence-electron chi connectivity index (χ4n) is 0.858. The van der Waals surface area contributed by atoms with Crippen LogP contribution >= 0.6 is 11.8 Å². The predicted molar refractivity (Wildman–Crippen MR) is 47.3 cm³/mol. The van der Waals surface area contributed by atoms with E-state index in [-0.39, 0.29) is 5.76 Å². The summed E-state index contributed by atoms with van der Waals surface area (Å²) < 4.78 is 10.2. The number of aromatic nitrogens is 2. The van der Waals surface area contributed by atoms with E-state index in [1.54, 1.807) is 19.1 Å². The molecule has 0 spiro atoms. The quantitative estimate of drug-likeness (QED) is 0.721. The van der Waals surface area contributed by atoms with Crippen LogP contribution in [-0.4, -0.2) is 16.5 Å². The number of aryl methyl sites for hydroxylation is 1. The maximum atomic E-state index is 10.3. The first-order valence-corrected chi connectivity index (χ1v) is 4.62. The van der Waals surface area contributed by atoms with Crippen molar-refractivity contribution in [3.63, 3.8) is 0 Å². The molecule has 0 aromatic carbocycles. The minimum Gasteiger partial charge on any atom is -0.447 e. The summed E-state index contributed by atoms with van der Waals surface area (Å²) in [5, 5.41) is 8.38. The smallest absolute Gasteiger partial charge is 0.284 e. The zero-order chi connectivity index (χ0) is 9.97. The molecule has 0 aliphatic heterocycles. The number of rotatable bonds is 3. The fourth-order valence-corrected chi connectivity index (χ4v) is 1.55. The third-order valence-electron chi connectivity index (χ3n) is 1.41. The minimum absolute atomic E-state index is 0.281. The molecule has 0 unspecified atom stereocenters. The number of hydrogen-bond donors (Lipinski definition) is 0. The summed E-state index contributed by atoms with van der Waals surface area (Å²) in [5.74, 6) is 0.776. The van der Waals surface area contributed by atoms with Crippen LogP contribution in [0.5, 0.6) is 0 Å².